The van der Waals surface area contributed by atoms with Gasteiger partial charge in [-0.15, -0.1) is 0 Å². The second-order valence-corrected chi connectivity index (χ2v) is 3.34. The molecule has 1 aliphatic heterocycles. The SMILES string of the molecule is C1=C(/C=C/c2ccccc2)OCCC1. The molecule has 0 atom stereocenters. The summed E-state index contributed by atoms with van der Waals surface area (Å²) in [6.07, 6.45) is 8.53. The van der Waals surface area contributed by atoms with Gasteiger partial charge in [0.25, 0.3) is 0 Å². The van der Waals surface area contributed by atoms with Crippen LogP contribution in [0.4, 0.5) is 0 Å². The molecule has 0 N–H and O–H groups in total. The number of allylic oxidation sites excluding steroid dienone is 2. The van der Waals surface area contributed by atoms with Gasteiger partial charge in [-0.25, -0.2) is 0 Å². The molecule has 0 aromatic heterocycles. The van der Waals surface area contributed by atoms with Crippen LogP contribution in [0.5, 0.6) is 0 Å². The lowest BCUT2D eigenvalue weighted by atomic mass is 10.2. The molecule has 1 aromatic carbocycles. The van der Waals surface area contributed by atoms with Gasteiger partial charge in [0, 0.05) is 0 Å². The molecule has 0 spiro atoms. The van der Waals surface area contributed by atoms with E-state index < -0.39 is 0 Å². The molecule has 0 unspecified atom stereocenters. The van der Waals surface area contributed by atoms with Crippen molar-refractivity contribution in [2.24, 2.45) is 0 Å². The third-order valence-electron chi connectivity index (χ3n) is 2.20. The van der Waals surface area contributed by atoms with Gasteiger partial charge in [0.1, 0.15) is 5.76 Å². The minimum absolute atomic E-state index is 0.852. The zero-order valence-corrected chi connectivity index (χ0v) is 8.15. The molecule has 0 bridgehead atoms. The normalized spacial score (nSPS) is 16.4. The molecule has 0 amide bonds. The van der Waals surface area contributed by atoms with Crippen LogP contribution < -0.4 is 0 Å². The Balaban J connectivity index is 2.03. The van der Waals surface area contributed by atoms with Crippen molar-refractivity contribution in [2.75, 3.05) is 6.61 Å². The third kappa shape index (κ3) is 2.49. The predicted molar refractivity (Wildman–Crippen MR) is 58.7 cm³/mol. The fourth-order valence-corrected chi connectivity index (χ4v) is 1.44. The maximum absolute atomic E-state index is 5.47. The van der Waals surface area contributed by atoms with Crippen molar-refractivity contribution in [1.82, 2.24) is 0 Å². The quantitative estimate of drug-likeness (QED) is 0.687. The number of hydrogen-bond donors (Lipinski definition) is 0. The van der Waals surface area contributed by atoms with Gasteiger partial charge < -0.3 is 4.74 Å². The van der Waals surface area contributed by atoms with Crippen LogP contribution in [-0.4, -0.2) is 6.61 Å². The van der Waals surface area contributed by atoms with E-state index in [4.69, 9.17) is 4.74 Å². The Morgan fingerprint density at radius 1 is 1.07 bits per heavy atom. The van der Waals surface area contributed by atoms with Crippen molar-refractivity contribution in [3.8, 4) is 0 Å². The smallest absolute Gasteiger partial charge is 0.115 e. The number of hydrogen-bond acceptors (Lipinski definition) is 1. The standard InChI is InChI=1S/C13H14O/c1-2-6-12(7-3-1)9-10-13-8-4-5-11-14-13/h1-3,6-10H,4-5,11H2/b10-9+. The van der Waals surface area contributed by atoms with Gasteiger partial charge in [-0.2, -0.15) is 0 Å². The van der Waals surface area contributed by atoms with E-state index in [1.165, 1.54) is 5.56 Å². The van der Waals surface area contributed by atoms with Gasteiger partial charge in [-0.1, -0.05) is 36.4 Å². The van der Waals surface area contributed by atoms with Crippen LogP contribution in [0.1, 0.15) is 18.4 Å². The number of ether oxygens (including phenoxy) is 1. The molecule has 0 saturated carbocycles. The third-order valence-corrected chi connectivity index (χ3v) is 2.20. The van der Waals surface area contributed by atoms with Crippen molar-refractivity contribution >= 4 is 6.08 Å². The van der Waals surface area contributed by atoms with Gasteiger partial charge in [0.15, 0.2) is 0 Å². The van der Waals surface area contributed by atoms with Gasteiger partial charge in [0.2, 0.25) is 0 Å². The Kier molecular flexibility index (Phi) is 3.02. The van der Waals surface area contributed by atoms with E-state index >= 15 is 0 Å². The van der Waals surface area contributed by atoms with Crippen LogP contribution in [0, 0.1) is 0 Å². The summed E-state index contributed by atoms with van der Waals surface area (Å²) in [5.74, 6) is 1.00. The van der Waals surface area contributed by atoms with E-state index in [1.807, 2.05) is 24.3 Å². The van der Waals surface area contributed by atoms with E-state index in [1.54, 1.807) is 0 Å². The molecule has 1 nitrogen and oxygen atoms in total. The Labute approximate surface area is 84.7 Å². The summed E-state index contributed by atoms with van der Waals surface area (Å²) >= 11 is 0. The number of benzene rings is 1. The summed E-state index contributed by atoms with van der Waals surface area (Å²) in [5.41, 5.74) is 1.21. The largest absolute Gasteiger partial charge is 0.494 e. The molecule has 2 rings (SSSR count). The molecule has 1 heterocycles. The lowest BCUT2D eigenvalue weighted by Crippen LogP contribution is -1.98. The van der Waals surface area contributed by atoms with Crippen LogP contribution in [0.25, 0.3) is 6.08 Å². The second-order valence-electron chi connectivity index (χ2n) is 3.34. The lowest BCUT2D eigenvalue weighted by molar-refractivity contribution is 0.206. The molecule has 1 aromatic rings. The maximum Gasteiger partial charge on any atom is 0.115 e. The first-order valence-corrected chi connectivity index (χ1v) is 5.01. The topological polar surface area (TPSA) is 9.23 Å². The number of rotatable bonds is 2. The van der Waals surface area contributed by atoms with Gasteiger partial charge in [-0.05, 0) is 30.6 Å². The summed E-state index contributed by atoms with van der Waals surface area (Å²) in [5, 5.41) is 0. The lowest BCUT2D eigenvalue weighted by Gasteiger charge is -2.11. The minimum atomic E-state index is 0.852. The molecule has 0 fully saturated rings. The van der Waals surface area contributed by atoms with Crippen molar-refractivity contribution in [3.63, 3.8) is 0 Å². The van der Waals surface area contributed by atoms with Gasteiger partial charge in [-0.3, -0.25) is 0 Å². The van der Waals surface area contributed by atoms with Crippen molar-refractivity contribution in [1.29, 1.82) is 0 Å². The highest BCUT2D eigenvalue weighted by Gasteiger charge is 1.99. The molecule has 0 radical (unpaired) electrons. The van der Waals surface area contributed by atoms with E-state index in [0.717, 1.165) is 25.2 Å². The summed E-state index contributed by atoms with van der Waals surface area (Å²) in [4.78, 5) is 0. The van der Waals surface area contributed by atoms with Gasteiger partial charge >= 0.3 is 0 Å². The molecular weight excluding hydrogens is 172 g/mol. The van der Waals surface area contributed by atoms with Crippen molar-refractivity contribution in [3.05, 3.63) is 53.8 Å². The summed E-state index contributed by atoms with van der Waals surface area (Å²) < 4.78 is 5.47. The molecular formula is C13H14O. The Bertz CT molecular complexity index is 336. The average molecular weight is 186 g/mol. The monoisotopic (exact) mass is 186 g/mol. The second kappa shape index (κ2) is 4.66. The Morgan fingerprint density at radius 3 is 2.64 bits per heavy atom. The van der Waals surface area contributed by atoms with E-state index in [2.05, 4.69) is 24.3 Å². The fraction of sp³-hybridized carbons (Fsp3) is 0.231. The summed E-state index contributed by atoms with van der Waals surface area (Å²) in [6, 6.07) is 10.3. The average Bonchev–Trinajstić information content (AvgIpc) is 2.29. The Morgan fingerprint density at radius 2 is 1.93 bits per heavy atom. The van der Waals surface area contributed by atoms with E-state index in [0.29, 0.717) is 0 Å². The van der Waals surface area contributed by atoms with Crippen LogP contribution in [0.2, 0.25) is 0 Å². The van der Waals surface area contributed by atoms with Crippen LogP contribution >= 0.6 is 0 Å². The highest BCUT2D eigenvalue weighted by molar-refractivity contribution is 5.51. The van der Waals surface area contributed by atoms with Gasteiger partial charge in [0.05, 0.1) is 6.61 Å². The maximum atomic E-state index is 5.47. The predicted octanol–water partition coefficient (Wildman–Crippen LogP) is 3.39. The highest BCUT2D eigenvalue weighted by Crippen LogP contribution is 2.12. The Hall–Kier alpha value is -1.50. The first-order valence-electron chi connectivity index (χ1n) is 5.01. The zero-order valence-electron chi connectivity index (χ0n) is 8.15. The summed E-state index contributed by atoms with van der Waals surface area (Å²) in [7, 11) is 0. The highest BCUT2D eigenvalue weighted by atomic mass is 16.5. The minimum Gasteiger partial charge on any atom is -0.494 e. The summed E-state index contributed by atoms with van der Waals surface area (Å²) in [6.45, 7) is 0.852. The molecule has 14 heavy (non-hydrogen) atoms. The first-order chi connectivity index (χ1) is 6.95. The van der Waals surface area contributed by atoms with E-state index in [9.17, 15) is 0 Å². The first kappa shape index (κ1) is 9.07. The molecule has 0 saturated heterocycles. The van der Waals surface area contributed by atoms with Crippen molar-refractivity contribution < 1.29 is 4.74 Å². The fourth-order valence-electron chi connectivity index (χ4n) is 1.44. The van der Waals surface area contributed by atoms with Crippen LogP contribution in [-0.2, 0) is 4.74 Å². The zero-order chi connectivity index (χ0) is 9.64. The van der Waals surface area contributed by atoms with Crippen LogP contribution in [0.15, 0.2) is 48.2 Å². The van der Waals surface area contributed by atoms with E-state index in [-0.39, 0.29) is 0 Å². The van der Waals surface area contributed by atoms with Crippen molar-refractivity contribution in [2.45, 2.75) is 12.8 Å². The molecule has 72 valence electrons. The molecule has 1 aliphatic rings. The van der Waals surface area contributed by atoms with Crippen LogP contribution in [0.3, 0.4) is 0 Å². The molecule has 0 aliphatic carbocycles. The molecule has 1 heteroatoms.